The van der Waals surface area contributed by atoms with Gasteiger partial charge in [0, 0.05) is 6.54 Å². The normalized spacial score (nSPS) is 29.4. The van der Waals surface area contributed by atoms with E-state index in [1.165, 1.54) is 10.7 Å². The van der Waals surface area contributed by atoms with Crippen molar-refractivity contribution in [2.45, 2.75) is 38.3 Å². The molecular weight excluding hydrogens is 240 g/mol. The summed E-state index contributed by atoms with van der Waals surface area (Å²) in [5.41, 5.74) is 5.79. The molecule has 1 aliphatic carbocycles. The third-order valence-electron chi connectivity index (χ3n) is 3.64. The molecule has 2 rings (SSSR count). The number of hydrogen-bond acceptors (Lipinski definition) is 4. The summed E-state index contributed by atoms with van der Waals surface area (Å²) in [6, 6.07) is 0. The second-order valence-electron chi connectivity index (χ2n) is 5.04. The zero-order chi connectivity index (χ0) is 12.3. The quantitative estimate of drug-likeness (QED) is 0.804. The minimum atomic E-state index is -3.20. The minimum Gasteiger partial charge on any atom is -0.377 e. The molecule has 1 saturated heterocycles. The third kappa shape index (κ3) is 3.40. The molecule has 5 nitrogen and oxygen atoms in total. The molecule has 100 valence electrons. The van der Waals surface area contributed by atoms with Gasteiger partial charge in [-0.05, 0) is 18.8 Å². The van der Waals surface area contributed by atoms with Crippen molar-refractivity contribution in [1.82, 2.24) is 4.31 Å². The Balaban J connectivity index is 1.96. The van der Waals surface area contributed by atoms with E-state index >= 15 is 0 Å². The van der Waals surface area contributed by atoms with Crippen molar-refractivity contribution >= 4 is 10.0 Å². The average Bonchev–Trinajstić information content (AvgIpc) is 2.30. The molecule has 2 N–H and O–H groups in total. The molecule has 0 radical (unpaired) electrons. The van der Waals surface area contributed by atoms with Crippen molar-refractivity contribution in [1.29, 1.82) is 0 Å². The molecule has 6 heteroatoms. The zero-order valence-electron chi connectivity index (χ0n) is 10.2. The summed E-state index contributed by atoms with van der Waals surface area (Å²) < 4.78 is 31.1. The number of rotatable bonds is 3. The van der Waals surface area contributed by atoms with Gasteiger partial charge in [-0.25, -0.2) is 8.42 Å². The van der Waals surface area contributed by atoms with E-state index in [0.717, 1.165) is 25.7 Å². The molecule has 0 aromatic carbocycles. The third-order valence-corrected chi connectivity index (χ3v) is 5.70. The SMILES string of the molecule is NC1COCCN1S(=O)(=O)CC1CCCCC1. The van der Waals surface area contributed by atoms with Crippen LogP contribution in [0, 0.1) is 5.92 Å². The highest BCUT2D eigenvalue weighted by molar-refractivity contribution is 7.89. The molecule has 1 heterocycles. The molecule has 0 aromatic heterocycles. The highest BCUT2D eigenvalue weighted by Gasteiger charge is 2.32. The molecule has 2 aliphatic rings. The number of ether oxygens (including phenoxy) is 1. The number of morpholine rings is 1. The standard InChI is InChI=1S/C11H22N2O3S/c12-11-8-16-7-6-13(11)17(14,15)9-10-4-2-1-3-5-10/h10-11H,1-9,12H2. The molecule has 0 amide bonds. The molecule has 2 fully saturated rings. The van der Waals surface area contributed by atoms with E-state index < -0.39 is 16.2 Å². The Kier molecular flexibility index (Phi) is 4.41. The maximum atomic E-state index is 12.3. The summed E-state index contributed by atoms with van der Waals surface area (Å²) in [6.45, 7) is 1.16. The van der Waals surface area contributed by atoms with Gasteiger partial charge in [0.05, 0.1) is 25.1 Å². The van der Waals surface area contributed by atoms with Gasteiger partial charge >= 0.3 is 0 Å². The van der Waals surface area contributed by atoms with E-state index in [1.54, 1.807) is 0 Å². The van der Waals surface area contributed by atoms with Crippen LogP contribution in [0.1, 0.15) is 32.1 Å². The monoisotopic (exact) mass is 262 g/mol. The Bertz CT molecular complexity index is 339. The fraction of sp³-hybridized carbons (Fsp3) is 1.00. The van der Waals surface area contributed by atoms with E-state index in [2.05, 4.69) is 0 Å². The number of sulfonamides is 1. The van der Waals surface area contributed by atoms with Crippen molar-refractivity contribution in [2.24, 2.45) is 11.7 Å². The van der Waals surface area contributed by atoms with E-state index in [4.69, 9.17) is 10.5 Å². The topological polar surface area (TPSA) is 72.6 Å². The lowest BCUT2D eigenvalue weighted by Gasteiger charge is -2.33. The van der Waals surface area contributed by atoms with Crippen LogP contribution in [0.25, 0.3) is 0 Å². The lowest BCUT2D eigenvalue weighted by Crippen LogP contribution is -2.54. The highest BCUT2D eigenvalue weighted by Crippen LogP contribution is 2.26. The van der Waals surface area contributed by atoms with Gasteiger partial charge in [-0.3, -0.25) is 0 Å². The van der Waals surface area contributed by atoms with Gasteiger partial charge in [0.15, 0.2) is 0 Å². The van der Waals surface area contributed by atoms with Crippen LogP contribution < -0.4 is 5.73 Å². The van der Waals surface area contributed by atoms with Crippen LogP contribution in [-0.2, 0) is 14.8 Å². The molecule has 0 bridgehead atoms. The maximum absolute atomic E-state index is 12.3. The van der Waals surface area contributed by atoms with Crippen molar-refractivity contribution in [3.05, 3.63) is 0 Å². The van der Waals surface area contributed by atoms with Crippen molar-refractivity contribution in [2.75, 3.05) is 25.5 Å². The van der Waals surface area contributed by atoms with Crippen LogP contribution in [0.3, 0.4) is 0 Å². The molecule has 1 atom stereocenters. The summed E-state index contributed by atoms with van der Waals surface area (Å²) in [5, 5.41) is 0. The average molecular weight is 262 g/mol. The first kappa shape index (κ1) is 13.3. The largest absolute Gasteiger partial charge is 0.377 e. The predicted octanol–water partition coefficient (Wildman–Crippen LogP) is 0.513. The lowest BCUT2D eigenvalue weighted by molar-refractivity contribution is 0.0348. The van der Waals surface area contributed by atoms with E-state index in [9.17, 15) is 8.42 Å². The van der Waals surface area contributed by atoms with Gasteiger partial charge in [-0.2, -0.15) is 4.31 Å². The molecule has 1 saturated carbocycles. The fourth-order valence-electron chi connectivity index (χ4n) is 2.70. The Labute approximate surface area is 103 Å². The Hall–Kier alpha value is -0.170. The zero-order valence-corrected chi connectivity index (χ0v) is 11.0. The van der Waals surface area contributed by atoms with Crippen LogP contribution in [0.4, 0.5) is 0 Å². The molecular formula is C11H22N2O3S. The van der Waals surface area contributed by atoms with Crippen LogP contribution in [0.5, 0.6) is 0 Å². The second-order valence-corrected chi connectivity index (χ2v) is 7.00. The smallest absolute Gasteiger partial charge is 0.215 e. The van der Waals surface area contributed by atoms with E-state index in [-0.39, 0.29) is 5.75 Å². The highest BCUT2D eigenvalue weighted by atomic mass is 32.2. The lowest BCUT2D eigenvalue weighted by atomic mass is 9.91. The summed E-state index contributed by atoms with van der Waals surface area (Å²) in [6.07, 6.45) is 5.15. The van der Waals surface area contributed by atoms with Gasteiger partial charge in [-0.1, -0.05) is 19.3 Å². The van der Waals surface area contributed by atoms with Gasteiger partial charge < -0.3 is 10.5 Å². The summed E-state index contributed by atoms with van der Waals surface area (Å²) in [7, 11) is -3.20. The molecule has 0 aromatic rings. The molecule has 17 heavy (non-hydrogen) atoms. The first-order valence-electron chi connectivity index (χ1n) is 6.42. The minimum absolute atomic E-state index is 0.265. The van der Waals surface area contributed by atoms with Crippen LogP contribution in [0.15, 0.2) is 0 Å². The maximum Gasteiger partial charge on any atom is 0.215 e. The fourth-order valence-corrected chi connectivity index (χ4v) is 4.65. The molecule has 1 aliphatic heterocycles. The number of hydrogen-bond donors (Lipinski definition) is 1. The summed E-state index contributed by atoms with van der Waals surface area (Å²) in [4.78, 5) is 0. The van der Waals surface area contributed by atoms with E-state index in [0.29, 0.717) is 25.7 Å². The molecule has 0 spiro atoms. The Morgan fingerprint density at radius 3 is 2.59 bits per heavy atom. The Morgan fingerprint density at radius 2 is 1.94 bits per heavy atom. The van der Waals surface area contributed by atoms with Crippen LogP contribution in [0.2, 0.25) is 0 Å². The van der Waals surface area contributed by atoms with Crippen LogP contribution in [-0.4, -0.2) is 44.4 Å². The molecule has 1 unspecified atom stereocenters. The number of nitrogens with zero attached hydrogens (tertiary/aromatic N) is 1. The van der Waals surface area contributed by atoms with Gasteiger partial charge in [0.1, 0.15) is 0 Å². The van der Waals surface area contributed by atoms with E-state index in [1.807, 2.05) is 0 Å². The first-order chi connectivity index (χ1) is 8.09. The van der Waals surface area contributed by atoms with Gasteiger partial charge in [0.2, 0.25) is 10.0 Å². The van der Waals surface area contributed by atoms with Crippen molar-refractivity contribution in [3.8, 4) is 0 Å². The van der Waals surface area contributed by atoms with Gasteiger partial charge in [-0.15, -0.1) is 0 Å². The first-order valence-corrected chi connectivity index (χ1v) is 8.03. The number of nitrogens with two attached hydrogens (primary N) is 1. The van der Waals surface area contributed by atoms with Crippen molar-refractivity contribution in [3.63, 3.8) is 0 Å². The predicted molar refractivity (Wildman–Crippen MR) is 65.9 cm³/mol. The van der Waals surface area contributed by atoms with Crippen molar-refractivity contribution < 1.29 is 13.2 Å². The van der Waals surface area contributed by atoms with Crippen LogP contribution >= 0.6 is 0 Å². The summed E-state index contributed by atoms with van der Waals surface area (Å²) in [5.74, 6) is 0.588. The Morgan fingerprint density at radius 1 is 1.24 bits per heavy atom. The second kappa shape index (κ2) is 5.65. The summed E-state index contributed by atoms with van der Waals surface area (Å²) >= 11 is 0. The van der Waals surface area contributed by atoms with Gasteiger partial charge in [0.25, 0.3) is 0 Å².